The monoisotopic (exact) mass is 615 g/mol. The summed E-state index contributed by atoms with van der Waals surface area (Å²) in [5.74, 6) is -0.259. The number of fused-ring (bicyclic) bond motifs is 1. The largest absolute Gasteiger partial charge is 0.490 e. The van der Waals surface area contributed by atoms with Gasteiger partial charge in [-0.25, -0.2) is 10.2 Å². The predicted octanol–water partition coefficient (Wildman–Crippen LogP) is 7.63. The first-order chi connectivity index (χ1) is 19.4. The van der Waals surface area contributed by atoms with Crippen LogP contribution in [0.25, 0.3) is 22.0 Å². The Morgan fingerprint density at radius 1 is 0.975 bits per heavy atom. The van der Waals surface area contributed by atoms with Crippen molar-refractivity contribution >= 4 is 56.5 Å². The van der Waals surface area contributed by atoms with Gasteiger partial charge in [0.2, 0.25) is 0 Å². The molecule has 0 atom stereocenters. The van der Waals surface area contributed by atoms with Crippen molar-refractivity contribution in [2.24, 2.45) is 5.10 Å². The molecule has 0 bridgehead atoms. The zero-order valence-corrected chi connectivity index (χ0v) is 23.6. The highest BCUT2D eigenvalue weighted by Crippen LogP contribution is 2.34. The number of hydrogen-bond acceptors (Lipinski definition) is 5. The first-order valence-electron chi connectivity index (χ1n) is 12.4. The first-order valence-corrected chi connectivity index (χ1v) is 13.5. The third kappa shape index (κ3) is 6.09. The molecule has 40 heavy (non-hydrogen) atoms. The Labute approximate surface area is 243 Å². The quantitative estimate of drug-likeness (QED) is 0.0811. The zero-order chi connectivity index (χ0) is 28.1. The molecule has 0 saturated heterocycles. The molecule has 0 aliphatic rings. The van der Waals surface area contributed by atoms with Crippen molar-refractivity contribution < 1.29 is 19.1 Å². The molecule has 1 heterocycles. The van der Waals surface area contributed by atoms with Gasteiger partial charge in [0.15, 0.2) is 11.5 Å². The van der Waals surface area contributed by atoms with Crippen molar-refractivity contribution in [3.63, 3.8) is 0 Å². The molecule has 0 unspecified atom stereocenters. The molecule has 0 aliphatic heterocycles. The Kier molecular flexibility index (Phi) is 8.28. The van der Waals surface area contributed by atoms with Crippen molar-refractivity contribution in [3.05, 3.63) is 117 Å². The maximum Gasteiger partial charge on any atom is 0.343 e. The molecule has 9 heteroatoms. The van der Waals surface area contributed by atoms with Crippen LogP contribution in [0.3, 0.4) is 0 Å². The van der Waals surface area contributed by atoms with Gasteiger partial charge in [-0.1, -0.05) is 57.9 Å². The van der Waals surface area contributed by atoms with Crippen LogP contribution in [0, 0.1) is 0 Å². The second-order valence-corrected chi connectivity index (χ2v) is 10.0. The minimum Gasteiger partial charge on any atom is -0.490 e. The van der Waals surface area contributed by atoms with Gasteiger partial charge in [-0.15, -0.1) is 0 Å². The normalized spacial score (nSPS) is 11.1. The van der Waals surface area contributed by atoms with Crippen LogP contribution in [0.2, 0.25) is 5.02 Å². The number of aromatic nitrogens is 1. The fraction of sp³-hybridized carbons (Fsp3) is 0.0645. The first kappa shape index (κ1) is 27.2. The van der Waals surface area contributed by atoms with Gasteiger partial charge < -0.3 is 14.5 Å². The van der Waals surface area contributed by atoms with Gasteiger partial charge in [0.25, 0.3) is 5.91 Å². The van der Waals surface area contributed by atoms with Crippen molar-refractivity contribution in [1.82, 2.24) is 10.4 Å². The minimum absolute atomic E-state index is 0.278. The molecular weight excluding hydrogens is 594 g/mol. The van der Waals surface area contributed by atoms with E-state index in [1.54, 1.807) is 48.5 Å². The summed E-state index contributed by atoms with van der Waals surface area (Å²) in [6, 6.07) is 26.9. The molecule has 200 valence electrons. The number of H-pyrrole nitrogens is 1. The van der Waals surface area contributed by atoms with Crippen LogP contribution in [0.1, 0.15) is 33.3 Å². The highest BCUT2D eigenvalue weighted by molar-refractivity contribution is 9.10. The van der Waals surface area contributed by atoms with E-state index in [1.165, 1.54) is 6.21 Å². The van der Waals surface area contributed by atoms with E-state index in [2.05, 4.69) is 31.4 Å². The van der Waals surface area contributed by atoms with Crippen molar-refractivity contribution in [1.29, 1.82) is 0 Å². The van der Waals surface area contributed by atoms with E-state index in [-0.39, 0.29) is 5.75 Å². The Morgan fingerprint density at radius 3 is 2.50 bits per heavy atom. The lowest BCUT2D eigenvalue weighted by Gasteiger charge is -2.11. The third-order valence-corrected chi connectivity index (χ3v) is 6.74. The second kappa shape index (κ2) is 12.2. The van der Waals surface area contributed by atoms with Crippen LogP contribution in [0.15, 0.2) is 101 Å². The van der Waals surface area contributed by atoms with Crippen molar-refractivity contribution in [2.45, 2.75) is 6.92 Å². The number of halogens is 2. The molecule has 1 aromatic heterocycles. The topological polar surface area (TPSA) is 92.8 Å². The van der Waals surface area contributed by atoms with E-state index in [9.17, 15) is 9.59 Å². The van der Waals surface area contributed by atoms with E-state index < -0.39 is 11.9 Å². The Morgan fingerprint density at radius 2 is 1.75 bits per heavy atom. The number of amides is 1. The number of nitrogens with one attached hydrogen (secondary N) is 2. The number of rotatable bonds is 8. The van der Waals surface area contributed by atoms with Gasteiger partial charge in [0.1, 0.15) is 5.69 Å². The van der Waals surface area contributed by atoms with Crippen LogP contribution in [0.4, 0.5) is 0 Å². The van der Waals surface area contributed by atoms with Crippen molar-refractivity contribution in [3.8, 4) is 22.6 Å². The highest BCUT2D eigenvalue weighted by Gasteiger charge is 2.19. The standard InChI is InChI=1S/C31H23BrClN3O4/c1-2-39-27-16-19(8-15-26(27)40-31(38)21-9-11-22(32)12-10-21)18-34-36-30(37)29-28(20-6-4-3-5-7-20)24-17-23(33)13-14-25(24)35-29/h3-18,35H,2H2,1H3,(H,36,37). The molecule has 0 spiro atoms. The Balaban J connectivity index is 1.35. The lowest BCUT2D eigenvalue weighted by atomic mass is 10.0. The fourth-order valence-electron chi connectivity index (χ4n) is 4.16. The van der Waals surface area contributed by atoms with Crippen LogP contribution < -0.4 is 14.9 Å². The van der Waals surface area contributed by atoms with E-state index in [0.29, 0.717) is 34.2 Å². The predicted molar refractivity (Wildman–Crippen MR) is 161 cm³/mol. The molecule has 1 amide bonds. The average Bonchev–Trinajstić information content (AvgIpc) is 3.34. The van der Waals surface area contributed by atoms with Gasteiger partial charge in [0, 0.05) is 26.0 Å². The SMILES string of the molecule is CCOc1cc(C=NNC(=O)c2[nH]c3ccc(Cl)cc3c2-c2ccccc2)ccc1OC(=O)c1ccc(Br)cc1. The molecule has 5 rings (SSSR count). The summed E-state index contributed by atoms with van der Waals surface area (Å²) >= 11 is 9.60. The fourth-order valence-corrected chi connectivity index (χ4v) is 4.60. The molecule has 0 radical (unpaired) electrons. The van der Waals surface area contributed by atoms with Gasteiger partial charge in [-0.2, -0.15) is 5.10 Å². The molecule has 0 saturated carbocycles. The lowest BCUT2D eigenvalue weighted by Crippen LogP contribution is -2.18. The summed E-state index contributed by atoms with van der Waals surface area (Å²) in [7, 11) is 0. The number of ether oxygens (including phenoxy) is 2. The number of benzene rings is 4. The minimum atomic E-state index is -0.504. The van der Waals surface area contributed by atoms with Crippen LogP contribution in [-0.2, 0) is 0 Å². The summed E-state index contributed by atoms with van der Waals surface area (Å²) in [6.07, 6.45) is 1.49. The summed E-state index contributed by atoms with van der Waals surface area (Å²) in [5.41, 5.74) is 6.40. The third-order valence-electron chi connectivity index (χ3n) is 5.98. The van der Waals surface area contributed by atoms with Gasteiger partial charge in [-0.05, 0) is 78.7 Å². The average molecular weight is 617 g/mol. The maximum atomic E-state index is 13.2. The number of esters is 1. The molecule has 2 N–H and O–H groups in total. The molecule has 0 fully saturated rings. The molecule has 0 aliphatic carbocycles. The number of hydrogen-bond donors (Lipinski definition) is 2. The van der Waals surface area contributed by atoms with Gasteiger partial charge >= 0.3 is 5.97 Å². The Hall–Kier alpha value is -4.40. The number of aromatic amines is 1. The molecule has 4 aromatic carbocycles. The van der Waals surface area contributed by atoms with Crippen molar-refractivity contribution in [2.75, 3.05) is 6.61 Å². The number of hydrazone groups is 1. The van der Waals surface area contributed by atoms with Gasteiger partial charge in [-0.3, -0.25) is 4.79 Å². The van der Waals surface area contributed by atoms with E-state index in [1.807, 2.05) is 49.4 Å². The summed E-state index contributed by atoms with van der Waals surface area (Å²) in [5, 5.41) is 5.56. The molecule has 7 nitrogen and oxygen atoms in total. The van der Waals surface area contributed by atoms with Gasteiger partial charge in [0.05, 0.1) is 18.4 Å². The number of nitrogens with zero attached hydrogens (tertiary/aromatic N) is 1. The maximum absolute atomic E-state index is 13.2. The zero-order valence-electron chi connectivity index (χ0n) is 21.3. The Bertz CT molecular complexity index is 1720. The van der Waals surface area contributed by atoms with E-state index in [0.717, 1.165) is 26.5 Å². The summed E-state index contributed by atoms with van der Waals surface area (Å²) in [4.78, 5) is 29.0. The van der Waals surface area contributed by atoms with E-state index >= 15 is 0 Å². The number of carbonyl (C=O) groups is 2. The van der Waals surface area contributed by atoms with Crippen LogP contribution in [-0.4, -0.2) is 29.7 Å². The highest BCUT2D eigenvalue weighted by atomic mass is 79.9. The molecular formula is C31H23BrClN3O4. The van der Waals surface area contributed by atoms with E-state index in [4.69, 9.17) is 21.1 Å². The smallest absolute Gasteiger partial charge is 0.343 e. The number of carbonyl (C=O) groups excluding carboxylic acids is 2. The van der Waals surface area contributed by atoms with Crippen LogP contribution in [0.5, 0.6) is 11.5 Å². The summed E-state index contributed by atoms with van der Waals surface area (Å²) < 4.78 is 12.1. The lowest BCUT2D eigenvalue weighted by molar-refractivity contribution is 0.0728. The second-order valence-electron chi connectivity index (χ2n) is 8.67. The molecule has 5 aromatic rings. The van der Waals surface area contributed by atoms with Crippen LogP contribution >= 0.6 is 27.5 Å². The summed E-state index contributed by atoms with van der Waals surface area (Å²) in [6.45, 7) is 2.20.